The van der Waals surface area contributed by atoms with Gasteiger partial charge in [-0.1, -0.05) is 22.0 Å². The Hall–Kier alpha value is -0.430. The van der Waals surface area contributed by atoms with Crippen molar-refractivity contribution >= 4 is 26.0 Å². The van der Waals surface area contributed by atoms with E-state index in [2.05, 4.69) is 15.9 Å². The molecule has 1 aliphatic rings. The maximum atomic E-state index is 12.4. The second-order valence-electron chi connectivity index (χ2n) is 4.54. The largest absolute Gasteiger partial charge is 0.330 e. The van der Waals surface area contributed by atoms with Crippen LogP contribution in [0.25, 0.3) is 0 Å². The predicted octanol–water partition coefficient (Wildman–Crippen LogP) is 1.81. The van der Waals surface area contributed by atoms with Crippen LogP contribution in [0.2, 0.25) is 0 Å². The van der Waals surface area contributed by atoms with E-state index in [4.69, 9.17) is 5.73 Å². The Morgan fingerprint density at radius 3 is 2.56 bits per heavy atom. The van der Waals surface area contributed by atoms with Gasteiger partial charge < -0.3 is 5.73 Å². The molecule has 0 amide bonds. The van der Waals surface area contributed by atoms with Gasteiger partial charge in [0.15, 0.2) is 0 Å². The summed E-state index contributed by atoms with van der Waals surface area (Å²) in [7, 11) is -3.35. The van der Waals surface area contributed by atoms with Gasteiger partial charge in [-0.25, -0.2) is 8.42 Å². The van der Waals surface area contributed by atoms with Crippen LogP contribution in [0.4, 0.5) is 0 Å². The van der Waals surface area contributed by atoms with Crippen molar-refractivity contribution < 1.29 is 8.42 Å². The molecule has 0 atom stereocenters. The van der Waals surface area contributed by atoms with Crippen molar-refractivity contribution in [3.8, 4) is 0 Å². The quantitative estimate of drug-likeness (QED) is 0.918. The summed E-state index contributed by atoms with van der Waals surface area (Å²) >= 11 is 3.30. The monoisotopic (exact) mass is 332 g/mol. The molecule has 0 unspecified atom stereocenters. The normalized spacial score (nSPS) is 19.0. The van der Waals surface area contributed by atoms with Crippen molar-refractivity contribution in [2.75, 3.05) is 19.6 Å². The number of nitrogens with two attached hydrogens (primary N) is 1. The van der Waals surface area contributed by atoms with Gasteiger partial charge >= 0.3 is 0 Å². The lowest BCUT2D eigenvalue weighted by atomic mass is 9.99. The number of hydrogen-bond acceptors (Lipinski definition) is 3. The van der Waals surface area contributed by atoms with E-state index in [-0.39, 0.29) is 0 Å². The molecular formula is C12H17BrN2O2S. The Labute approximate surface area is 116 Å². The van der Waals surface area contributed by atoms with E-state index in [1.807, 2.05) is 6.07 Å². The van der Waals surface area contributed by atoms with Crippen LogP contribution in [0.3, 0.4) is 0 Å². The standard InChI is InChI=1S/C12H17BrN2O2S/c13-11-2-1-3-12(8-11)18(16,17)15-6-4-10(9-14)5-7-15/h1-3,8,10H,4-7,9,14H2. The van der Waals surface area contributed by atoms with Crippen LogP contribution >= 0.6 is 15.9 Å². The van der Waals surface area contributed by atoms with E-state index < -0.39 is 10.0 Å². The molecule has 0 aromatic heterocycles. The minimum Gasteiger partial charge on any atom is -0.330 e. The second-order valence-corrected chi connectivity index (χ2v) is 7.39. The number of sulfonamides is 1. The summed E-state index contributed by atoms with van der Waals surface area (Å²) < 4.78 is 27.2. The summed E-state index contributed by atoms with van der Waals surface area (Å²) in [6.45, 7) is 1.78. The second kappa shape index (κ2) is 5.69. The molecule has 2 N–H and O–H groups in total. The van der Waals surface area contributed by atoms with E-state index in [0.717, 1.165) is 17.3 Å². The summed E-state index contributed by atoms with van der Waals surface area (Å²) in [4.78, 5) is 0.350. The molecular weight excluding hydrogens is 316 g/mol. The average molecular weight is 333 g/mol. The average Bonchev–Trinajstić information content (AvgIpc) is 2.39. The van der Waals surface area contributed by atoms with Crippen LogP contribution in [0.5, 0.6) is 0 Å². The Bertz CT molecular complexity index is 511. The highest BCUT2D eigenvalue weighted by atomic mass is 79.9. The summed E-state index contributed by atoms with van der Waals surface area (Å²) in [5, 5.41) is 0. The number of rotatable bonds is 3. The topological polar surface area (TPSA) is 63.4 Å². The van der Waals surface area contributed by atoms with Crippen molar-refractivity contribution in [2.45, 2.75) is 17.7 Å². The number of hydrogen-bond donors (Lipinski definition) is 1. The van der Waals surface area contributed by atoms with Gasteiger partial charge in [-0.3, -0.25) is 0 Å². The number of benzene rings is 1. The van der Waals surface area contributed by atoms with Crippen LogP contribution in [-0.4, -0.2) is 32.4 Å². The third-order valence-electron chi connectivity index (χ3n) is 3.34. The third kappa shape index (κ3) is 2.93. The lowest BCUT2D eigenvalue weighted by Crippen LogP contribution is -2.39. The maximum absolute atomic E-state index is 12.4. The number of piperidine rings is 1. The molecule has 0 saturated carbocycles. The molecule has 1 heterocycles. The maximum Gasteiger partial charge on any atom is 0.243 e. The van der Waals surface area contributed by atoms with Crippen LogP contribution in [-0.2, 0) is 10.0 Å². The SMILES string of the molecule is NCC1CCN(S(=O)(=O)c2cccc(Br)c2)CC1. The first-order chi connectivity index (χ1) is 8.54. The molecule has 4 nitrogen and oxygen atoms in total. The van der Waals surface area contributed by atoms with Gasteiger partial charge in [-0.05, 0) is 43.5 Å². The molecule has 0 bridgehead atoms. The highest BCUT2D eigenvalue weighted by molar-refractivity contribution is 9.10. The van der Waals surface area contributed by atoms with Gasteiger partial charge in [0.2, 0.25) is 10.0 Å². The molecule has 0 radical (unpaired) electrons. The highest BCUT2D eigenvalue weighted by Gasteiger charge is 2.28. The van der Waals surface area contributed by atoms with Gasteiger partial charge in [0.25, 0.3) is 0 Å². The summed E-state index contributed by atoms with van der Waals surface area (Å²) in [6.07, 6.45) is 1.70. The molecule has 1 aliphatic heterocycles. The van der Waals surface area contributed by atoms with E-state index in [1.54, 1.807) is 22.5 Å². The molecule has 100 valence electrons. The van der Waals surface area contributed by atoms with E-state index >= 15 is 0 Å². The number of nitrogens with zero attached hydrogens (tertiary/aromatic N) is 1. The zero-order valence-corrected chi connectivity index (χ0v) is 12.5. The summed E-state index contributed by atoms with van der Waals surface area (Å²) in [5.41, 5.74) is 5.61. The van der Waals surface area contributed by atoms with Crippen LogP contribution < -0.4 is 5.73 Å². The first-order valence-electron chi connectivity index (χ1n) is 6.00. The summed E-state index contributed by atoms with van der Waals surface area (Å²) in [6, 6.07) is 6.84. The first-order valence-corrected chi connectivity index (χ1v) is 8.23. The van der Waals surface area contributed by atoms with Gasteiger partial charge in [0.1, 0.15) is 0 Å². The van der Waals surface area contributed by atoms with Gasteiger partial charge in [0.05, 0.1) is 4.90 Å². The third-order valence-corrected chi connectivity index (χ3v) is 5.73. The molecule has 0 spiro atoms. The Kier molecular flexibility index (Phi) is 4.42. The van der Waals surface area contributed by atoms with Crippen molar-refractivity contribution in [3.05, 3.63) is 28.7 Å². The van der Waals surface area contributed by atoms with Crippen molar-refractivity contribution in [3.63, 3.8) is 0 Å². The van der Waals surface area contributed by atoms with Gasteiger partial charge in [0, 0.05) is 17.6 Å². The molecule has 1 saturated heterocycles. The fourth-order valence-electron chi connectivity index (χ4n) is 2.16. The van der Waals surface area contributed by atoms with E-state index in [1.165, 1.54) is 0 Å². The van der Waals surface area contributed by atoms with Crippen molar-refractivity contribution in [1.82, 2.24) is 4.31 Å². The minimum atomic E-state index is -3.35. The minimum absolute atomic E-state index is 0.350. The zero-order valence-electron chi connectivity index (χ0n) is 10.0. The molecule has 1 fully saturated rings. The molecule has 18 heavy (non-hydrogen) atoms. The predicted molar refractivity (Wildman–Crippen MR) is 74.7 cm³/mol. The Balaban J connectivity index is 2.17. The number of halogens is 1. The van der Waals surface area contributed by atoms with Gasteiger partial charge in [-0.2, -0.15) is 4.31 Å². The zero-order chi connectivity index (χ0) is 13.2. The van der Waals surface area contributed by atoms with Crippen LogP contribution in [0, 0.1) is 5.92 Å². The van der Waals surface area contributed by atoms with E-state index in [0.29, 0.717) is 30.4 Å². The fourth-order valence-corrected chi connectivity index (χ4v) is 4.23. The molecule has 0 aliphatic carbocycles. The Morgan fingerprint density at radius 2 is 2.00 bits per heavy atom. The first kappa shape index (κ1) is 14.0. The smallest absolute Gasteiger partial charge is 0.243 e. The van der Waals surface area contributed by atoms with E-state index in [9.17, 15) is 8.42 Å². The lowest BCUT2D eigenvalue weighted by molar-refractivity contribution is 0.278. The molecule has 1 aromatic carbocycles. The molecule has 1 aromatic rings. The van der Waals surface area contributed by atoms with Crippen molar-refractivity contribution in [1.29, 1.82) is 0 Å². The molecule has 6 heteroatoms. The lowest BCUT2D eigenvalue weighted by Gasteiger charge is -2.30. The summed E-state index contributed by atoms with van der Waals surface area (Å²) in [5.74, 6) is 0.457. The fraction of sp³-hybridized carbons (Fsp3) is 0.500. The highest BCUT2D eigenvalue weighted by Crippen LogP contribution is 2.24. The Morgan fingerprint density at radius 1 is 1.33 bits per heavy atom. The molecule has 2 rings (SSSR count). The van der Waals surface area contributed by atoms with Crippen molar-refractivity contribution in [2.24, 2.45) is 11.7 Å². The van der Waals surface area contributed by atoms with Crippen LogP contribution in [0.1, 0.15) is 12.8 Å². The van der Waals surface area contributed by atoms with Crippen LogP contribution in [0.15, 0.2) is 33.6 Å². The van der Waals surface area contributed by atoms with Gasteiger partial charge in [-0.15, -0.1) is 0 Å².